The smallest absolute Gasteiger partial charge is 0.143 e. The third-order valence-electron chi connectivity index (χ3n) is 6.44. The summed E-state index contributed by atoms with van der Waals surface area (Å²) in [5, 5.41) is 10.6. The van der Waals surface area contributed by atoms with Gasteiger partial charge in [-0.1, -0.05) is 45.0 Å². The van der Waals surface area contributed by atoms with Crippen molar-refractivity contribution in [3.8, 4) is 0 Å². The molecule has 2 aromatic heterocycles. The second-order valence-corrected chi connectivity index (χ2v) is 9.90. The van der Waals surface area contributed by atoms with E-state index in [4.69, 9.17) is 20.0 Å². The van der Waals surface area contributed by atoms with Crippen molar-refractivity contribution >= 4 is 33.5 Å². The number of aryl methyl sites for hydroxylation is 2. The highest BCUT2D eigenvalue weighted by Crippen LogP contribution is 2.25. The number of nitrogens with two attached hydrogens (primary N) is 1. The number of rotatable bonds is 10. The number of benzene rings is 1. The Balaban J connectivity index is 1.42. The number of hydrogen-bond donors (Lipinski definition) is 2. The highest BCUT2D eigenvalue weighted by Gasteiger charge is 2.19. The highest BCUT2D eigenvalue weighted by molar-refractivity contribution is 6.01. The quantitative estimate of drug-likeness (QED) is 0.191. The molecule has 4 aromatic rings. The fraction of sp³-hybridized carbons (Fsp3) is 0.400. The van der Waals surface area contributed by atoms with E-state index in [9.17, 15) is 0 Å². The molecule has 0 aliphatic heterocycles. The van der Waals surface area contributed by atoms with Crippen LogP contribution in [0.5, 0.6) is 0 Å². The van der Waals surface area contributed by atoms with Crippen molar-refractivity contribution in [3.05, 3.63) is 71.2 Å². The number of amidine groups is 1. The molecule has 0 aliphatic rings. The van der Waals surface area contributed by atoms with Crippen molar-refractivity contribution in [1.29, 1.82) is 5.41 Å². The average Bonchev–Trinajstić information content (AvgIpc) is 3.40. The van der Waals surface area contributed by atoms with E-state index in [0.717, 1.165) is 70.3 Å². The molecule has 0 saturated carbocycles. The molecule has 2 heterocycles. The molecule has 2 aromatic carbocycles. The van der Waals surface area contributed by atoms with E-state index in [1.165, 1.54) is 0 Å². The summed E-state index contributed by atoms with van der Waals surface area (Å²) >= 11 is 0. The van der Waals surface area contributed by atoms with Gasteiger partial charge >= 0.3 is 0 Å². The zero-order valence-corrected chi connectivity index (χ0v) is 21.4. The Morgan fingerprint density at radius 1 is 0.971 bits per heavy atom. The van der Waals surface area contributed by atoms with Gasteiger partial charge < -0.3 is 20.0 Å². The van der Waals surface area contributed by atoms with E-state index in [1.807, 2.05) is 44.2 Å². The molecule has 0 aliphatic carbocycles. The fourth-order valence-electron chi connectivity index (χ4n) is 4.60. The summed E-state index contributed by atoms with van der Waals surface area (Å²) in [5.74, 6) is 3.03. The van der Waals surface area contributed by atoms with Crippen LogP contribution in [0.15, 0.2) is 50.2 Å². The lowest BCUT2D eigenvalue weighted by atomic mass is 9.86. The molecule has 5 heteroatoms. The molecule has 1 unspecified atom stereocenters. The molecule has 4 rings (SSSR count). The first-order valence-electron chi connectivity index (χ1n) is 12.6. The Hall–Kier alpha value is -3.52. The SMILES string of the molecule is CCC(C(=N)c1c#cc2cc(CCCc3cc4ccc(C(N)=NC(C)C)cc4o3)oc2c1)C(C)C. The summed E-state index contributed by atoms with van der Waals surface area (Å²) in [6, 6.07) is 18.6. The zero-order chi connectivity index (χ0) is 25.1. The minimum Gasteiger partial charge on any atom is -0.461 e. The first-order valence-corrected chi connectivity index (χ1v) is 12.6. The van der Waals surface area contributed by atoms with Crippen molar-refractivity contribution in [2.45, 2.75) is 66.3 Å². The molecule has 182 valence electrons. The first-order chi connectivity index (χ1) is 16.7. The van der Waals surface area contributed by atoms with Crippen LogP contribution < -0.4 is 5.73 Å². The number of hydrogen-bond acceptors (Lipinski definition) is 4. The van der Waals surface area contributed by atoms with Crippen LogP contribution in [0.4, 0.5) is 0 Å². The van der Waals surface area contributed by atoms with Gasteiger partial charge in [0.1, 0.15) is 28.5 Å². The number of furan rings is 2. The first kappa shape index (κ1) is 24.6. The Morgan fingerprint density at radius 3 is 2.37 bits per heavy atom. The molecular weight excluding hydrogens is 434 g/mol. The van der Waals surface area contributed by atoms with Crippen LogP contribution in [0.3, 0.4) is 0 Å². The molecule has 5 nitrogen and oxygen atoms in total. The fourth-order valence-corrected chi connectivity index (χ4v) is 4.60. The van der Waals surface area contributed by atoms with Gasteiger partial charge in [0.15, 0.2) is 0 Å². The minimum atomic E-state index is 0.152. The van der Waals surface area contributed by atoms with E-state index < -0.39 is 0 Å². The van der Waals surface area contributed by atoms with E-state index in [1.54, 1.807) is 0 Å². The van der Waals surface area contributed by atoms with Gasteiger partial charge in [0, 0.05) is 41.3 Å². The topological polar surface area (TPSA) is 88.5 Å². The monoisotopic (exact) mass is 469 g/mol. The molecule has 0 amide bonds. The third-order valence-corrected chi connectivity index (χ3v) is 6.44. The van der Waals surface area contributed by atoms with Crippen molar-refractivity contribution in [3.63, 3.8) is 0 Å². The molecule has 3 N–H and O–H groups in total. The van der Waals surface area contributed by atoms with Crippen LogP contribution in [0.1, 0.15) is 70.1 Å². The largest absolute Gasteiger partial charge is 0.461 e. The minimum absolute atomic E-state index is 0.152. The predicted octanol–water partition coefficient (Wildman–Crippen LogP) is 7.12. The van der Waals surface area contributed by atoms with Crippen LogP contribution in [0, 0.1) is 29.4 Å². The van der Waals surface area contributed by atoms with E-state index in [2.05, 4.69) is 44.0 Å². The number of aliphatic imine (C=N–C) groups is 1. The summed E-state index contributed by atoms with van der Waals surface area (Å²) in [6.45, 7) is 10.5. The lowest BCUT2D eigenvalue weighted by Crippen LogP contribution is -2.19. The van der Waals surface area contributed by atoms with Crippen molar-refractivity contribution in [2.75, 3.05) is 0 Å². The van der Waals surface area contributed by atoms with Gasteiger partial charge in [0.25, 0.3) is 0 Å². The van der Waals surface area contributed by atoms with Crippen molar-refractivity contribution in [1.82, 2.24) is 0 Å². The predicted molar refractivity (Wildman–Crippen MR) is 143 cm³/mol. The van der Waals surface area contributed by atoms with Crippen LogP contribution >= 0.6 is 0 Å². The van der Waals surface area contributed by atoms with E-state index in [0.29, 0.717) is 17.5 Å². The maximum Gasteiger partial charge on any atom is 0.143 e. The normalized spacial score (nSPS) is 13.2. The van der Waals surface area contributed by atoms with Gasteiger partial charge in [-0.05, 0) is 56.9 Å². The van der Waals surface area contributed by atoms with Crippen LogP contribution in [0.25, 0.3) is 21.9 Å². The number of nitrogens with one attached hydrogen (secondary N) is 1. The summed E-state index contributed by atoms with van der Waals surface area (Å²) in [7, 11) is 0. The summed E-state index contributed by atoms with van der Waals surface area (Å²) < 4.78 is 12.2. The van der Waals surface area contributed by atoms with Gasteiger partial charge in [-0.3, -0.25) is 4.99 Å². The summed E-state index contributed by atoms with van der Waals surface area (Å²) in [4.78, 5) is 4.42. The van der Waals surface area contributed by atoms with Crippen LogP contribution in [-0.4, -0.2) is 17.6 Å². The number of nitrogens with zero attached hydrogens (tertiary/aromatic N) is 1. The second kappa shape index (κ2) is 10.4. The molecule has 0 fully saturated rings. The summed E-state index contributed by atoms with van der Waals surface area (Å²) in [5.41, 5.74) is 9.99. The van der Waals surface area contributed by atoms with E-state index >= 15 is 0 Å². The molecule has 0 radical (unpaired) electrons. The van der Waals surface area contributed by atoms with Gasteiger partial charge in [0.05, 0.1) is 11.1 Å². The van der Waals surface area contributed by atoms with Gasteiger partial charge in [-0.2, -0.15) is 0 Å². The molecule has 0 bridgehead atoms. The van der Waals surface area contributed by atoms with Gasteiger partial charge in [-0.15, -0.1) is 0 Å². The lowest BCUT2D eigenvalue weighted by molar-refractivity contribution is 0.479. The zero-order valence-electron chi connectivity index (χ0n) is 21.4. The summed E-state index contributed by atoms with van der Waals surface area (Å²) in [6.07, 6.45) is 3.46. The standard InChI is InChI=1S/C30H35N3O2/c1-6-26(18(2)3)29(31)22-12-10-20-14-24(34-27(20)16-22)8-7-9-25-15-21-11-13-23(17-28(21)35-25)30(32)33-19(4)5/h11,13-19,26,31H,6-9H2,1-5H3,(H2,32,33). The maximum absolute atomic E-state index is 8.60. The van der Waals surface area contributed by atoms with Gasteiger partial charge in [-0.25, -0.2) is 0 Å². The third kappa shape index (κ3) is 5.59. The Labute approximate surface area is 207 Å². The van der Waals surface area contributed by atoms with E-state index in [-0.39, 0.29) is 12.0 Å². The Bertz CT molecular complexity index is 1360. The molecule has 35 heavy (non-hydrogen) atoms. The lowest BCUT2D eigenvalue weighted by Gasteiger charge is -2.19. The second-order valence-electron chi connectivity index (χ2n) is 9.90. The molecule has 0 saturated heterocycles. The van der Waals surface area contributed by atoms with Crippen molar-refractivity contribution in [2.24, 2.45) is 22.6 Å². The number of fused-ring (bicyclic) bond motifs is 2. The average molecular weight is 470 g/mol. The Morgan fingerprint density at radius 2 is 1.69 bits per heavy atom. The Kier molecular flexibility index (Phi) is 7.31. The van der Waals surface area contributed by atoms with Gasteiger partial charge in [0.2, 0.25) is 0 Å². The molecule has 1 atom stereocenters. The van der Waals surface area contributed by atoms with Crippen LogP contribution in [0.2, 0.25) is 0 Å². The molecular formula is C30H35N3O2. The highest BCUT2D eigenvalue weighted by atomic mass is 16.3. The van der Waals surface area contributed by atoms with Crippen LogP contribution in [-0.2, 0) is 12.8 Å². The van der Waals surface area contributed by atoms with Crippen molar-refractivity contribution < 1.29 is 8.83 Å². The molecule has 0 spiro atoms. The maximum atomic E-state index is 8.60.